The Morgan fingerprint density at radius 3 is 2.93 bits per heavy atom. The number of anilines is 1. The Bertz CT molecular complexity index is 1230. The molecule has 2 aromatic carbocycles. The number of carbonyl (C=O) groups is 1. The predicted molar refractivity (Wildman–Crippen MR) is 110 cm³/mol. The van der Waals surface area contributed by atoms with Gasteiger partial charge in [-0.25, -0.2) is 9.78 Å². The number of nitrogens with one attached hydrogen (secondary N) is 2. The average Bonchev–Trinajstić information content (AvgIpc) is 3.30. The lowest BCUT2D eigenvalue weighted by molar-refractivity contribution is -0.120. The second kappa shape index (κ2) is 6.76. The van der Waals surface area contributed by atoms with Gasteiger partial charge in [-0.15, -0.1) is 11.3 Å². The first kappa shape index (κ1) is 16.9. The molecule has 2 atom stereocenters. The Morgan fingerprint density at radius 2 is 2.04 bits per heavy atom. The summed E-state index contributed by atoms with van der Waals surface area (Å²) < 4.78 is 6.15. The highest BCUT2D eigenvalue weighted by Crippen LogP contribution is 2.39. The van der Waals surface area contributed by atoms with E-state index in [-0.39, 0.29) is 17.7 Å². The van der Waals surface area contributed by atoms with Gasteiger partial charge in [0, 0.05) is 11.6 Å². The molecule has 1 aliphatic rings. The summed E-state index contributed by atoms with van der Waals surface area (Å²) in [5, 5.41) is 3.99. The van der Waals surface area contributed by atoms with E-state index < -0.39 is 5.76 Å². The van der Waals surface area contributed by atoms with Crippen LogP contribution in [0.15, 0.2) is 63.8 Å². The van der Waals surface area contributed by atoms with Gasteiger partial charge in [0.15, 0.2) is 5.58 Å². The van der Waals surface area contributed by atoms with Crippen molar-refractivity contribution in [2.75, 3.05) is 5.32 Å². The van der Waals surface area contributed by atoms with Gasteiger partial charge in [0.25, 0.3) is 0 Å². The van der Waals surface area contributed by atoms with Crippen molar-refractivity contribution in [3.8, 4) is 0 Å². The molecule has 6 nitrogen and oxygen atoms in total. The number of fused-ring (bicyclic) bond motifs is 2. The van der Waals surface area contributed by atoms with Gasteiger partial charge in [-0.1, -0.05) is 24.3 Å². The zero-order valence-electron chi connectivity index (χ0n) is 14.8. The molecule has 1 aliphatic carbocycles. The van der Waals surface area contributed by atoms with Crippen LogP contribution in [0.4, 0.5) is 5.69 Å². The monoisotopic (exact) mass is 391 g/mol. The van der Waals surface area contributed by atoms with Crippen LogP contribution in [0.2, 0.25) is 0 Å². The van der Waals surface area contributed by atoms with Gasteiger partial charge >= 0.3 is 5.76 Å². The molecule has 2 heterocycles. The van der Waals surface area contributed by atoms with Gasteiger partial charge in [0.2, 0.25) is 5.91 Å². The number of thiazole rings is 1. The van der Waals surface area contributed by atoms with Crippen LogP contribution in [0.5, 0.6) is 0 Å². The molecule has 4 aromatic rings. The van der Waals surface area contributed by atoms with Crippen molar-refractivity contribution in [1.29, 1.82) is 0 Å². The number of para-hydroxylation sites is 1. The molecule has 2 aromatic heterocycles. The van der Waals surface area contributed by atoms with Crippen LogP contribution >= 0.6 is 11.3 Å². The van der Waals surface area contributed by atoms with E-state index in [4.69, 9.17) is 9.40 Å². The largest absolute Gasteiger partial charge is 0.417 e. The molecule has 0 bridgehead atoms. The van der Waals surface area contributed by atoms with Crippen molar-refractivity contribution >= 4 is 44.2 Å². The summed E-state index contributed by atoms with van der Waals surface area (Å²) in [7, 11) is 0. The number of benzene rings is 2. The van der Waals surface area contributed by atoms with Crippen LogP contribution in [0.25, 0.3) is 21.3 Å². The van der Waals surface area contributed by atoms with Crippen molar-refractivity contribution in [2.45, 2.75) is 18.8 Å². The third kappa shape index (κ3) is 3.03. The number of H-pyrrole nitrogens is 1. The first-order valence-corrected chi connectivity index (χ1v) is 9.93. The lowest BCUT2D eigenvalue weighted by Gasteiger charge is -2.26. The first-order chi connectivity index (χ1) is 13.7. The van der Waals surface area contributed by atoms with Crippen LogP contribution in [0, 0.1) is 5.92 Å². The fourth-order valence-corrected chi connectivity index (χ4v) is 4.84. The number of aromatic amines is 1. The number of allylic oxidation sites excluding steroid dienone is 2. The standard InChI is InChI=1S/C21H17N3O3S/c25-19(22-12-9-10-17-16(11-12)24-21(26)27-17)13-5-1-2-6-14(13)20-23-15-7-3-4-8-18(15)28-20/h1-4,7-11,13-14H,5-6H2,(H,22,25)(H,24,26). The van der Waals surface area contributed by atoms with Crippen LogP contribution in [0.1, 0.15) is 23.8 Å². The molecular formula is C21H17N3O3S. The number of hydrogen-bond donors (Lipinski definition) is 2. The van der Waals surface area contributed by atoms with E-state index >= 15 is 0 Å². The van der Waals surface area contributed by atoms with E-state index in [2.05, 4.69) is 28.5 Å². The quantitative estimate of drug-likeness (QED) is 0.506. The number of amides is 1. The van der Waals surface area contributed by atoms with E-state index in [0.29, 0.717) is 23.2 Å². The van der Waals surface area contributed by atoms with Crippen molar-refractivity contribution < 1.29 is 9.21 Å². The van der Waals surface area contributed by atoms with E-state index in [1.807, 2.05) is 18.2 Å². The van der Waals surface area contributed by atoms with Crippen LogP contribution in [-0.4, -0.2) is 15.9 Å². The Balaban J connectivity index is 1.42. The molecule has 28 heavy (non-hydrogen) atoms. The van der Waals surface area contributed by atoms with Gasteiger partial charge in [-0.3, -0.25) is 9.78 Å². The summed E-state index contributed by atoms with van der Waals surface area (Å²) in [6.45, 7) is 0. The molecule has 0 aliphatic heterocycles. The van der Waals surface area contributed by atoms with E-state index in [9.17, 15) is 9.59 Å². The minimum atomic E-state index is -0.508. The fraction of sp³-hybridized carbons (Fsp3) is 0.190. The summed E-state index contributed by atoms with van der Waals surface area (Å²) in [5.74, 6) is -0.685. The van der Waals surface area contributed by atoms with Crippen LogP contribution in [0.3, 0.4) is 0 Å². The fourth-order valence-electron chi connectivity index (χ4n) is 3.69. The lowest BCUT2D eigenvalue weighted by Crippen LogP contribution is -2.29. The molecule has 140 valence electrons. The van der Waals surface area contributed by atoms with Gasteiger partial charge in [-0.05, 0) is 43.2 Å². The Morgan fingerprint density at radius 1 is 1.18 bits per heavy atom. The number of nitrogens with zero attached hydrogens (tertiary/aromatic N) is 1. The van der Waals surface area contributed by atoms with Crippen LogP contribution in [-0.2, 0) is 4.79 Å². The van der Waals surface area contributed by atoms with Crippen LogP contribution < -0.4 is 11.1 Å². The van der Waals surface area contributed by atoms with Gasteiger partial charge in [0.1, 0.15) is 0 Å². The van der Waals surface area contributed by atoms with E-state index in [0.717, 1.165) is 21.6 Å². The maximum absolute atomic E-state index is 13.0. The zero-order valence-corrected chi connectivity index (χ0v) is 15.7. The van der Waals surface area contributed by atoms with Gasteiger partial charge in [-0.2, -0.15) is 0 Å². The molecule has 0 spiro atoms. The first-order valence-electron chi connectivity index (χ1n) is 9.11. The number of hydrogen-bond acceptors (Lipinski definition) is 5. The summed E-state index contributed by atoms with van der Waals surface area (Å²) in [6.07, 6.45) is 5.66. The molecule has 0 fully saturated rings. The minimum absolute atomic E-state index is 0.0428. The van der Waals surface area contributed by atoms with Crippen molar-refractivity contribution in [3.63, 3.8) is 0 Å². The SMILES string of the molecule is O=C(Nc1ccc2oc(=O)[nH]c2c1)C1CC=CCC1c1nc2ccccc2s1. The molecule has 1 amide bonds. The summed E-state index contributed by atoms with van der Waals surface area (Å²) in [5.41, 5.74) is 2.64. The molecule has 0 radical (unpaired) electrons. The molecule has 2 N–H and O–H groups in total. The molecule has 0 saturated carbocycles. The van der Waals surface area contributed by atoms with E-state index in [1.165, 1.54) is 0 Å². The number of oxazole rings is 1. The molecule has 5 rings (SSSR count). The zero-order chi connectivity index (χ0) is 19.1. The van der Waals surface area contributed by atoms with Gasteiger partial charge in [0.05, 0.1) is 26.7 Å². The molecular weight excluding hydrogens is 374 g/mol. The van der Waals surface area contributed by atoms with Crippen molar-refractivity contribution in [3.05, 3.63) is 70.2 Å². The highest BCUT2D eigenvalue weighted by Gasteiger charge is 2.32. The maximum atomic E-state index is 13.0. The normalized spacial score (nSPS) is 19.3. The van der Waals surface area contributed by atoms with Crippen molar-refractivity contribution in [2.24, 2.45) is 5.92 Å². The summed E-state index contributed by atoms with van der Waals surface area (Å²) in [4.78, 5) is 31.7. The van der Waals surface area contributed by atoms with Gasteiger partial charge < -0.3 is 9.73 Å². The third-order valence-electron chi connectivity index (χ3n) is 5.08. The van der Waals surface area contributed by atoms with E-state index in [1.54, 1.807) is 29.5 Å². The third-order valence-corrected chi connectivity index (χ3v) is 6.25. The Hall–Kier alpha value is -3.19. The number of rotatable bonds is 3. The Labute approximate surface area is 163 Å². The highest BCUT2D eigenvalue weighted by molar-refractivity contribution is 7.18. The summed E-state index contributed by atoms with van der Waals surface area (Å²) in [6, 6.07) is 13.2. The maximum Gasteiger partial charge on any atom is 0.417 e. The average molecular weight is 391 g/mol. The smallest absolute Gasteiger partial charge is 0.408 e. The highest BCUT2D eigenvalue weighted by atomic mass is 32.1. The lowest BCUT2D eigenvalue weighted by atomic mass is 9.82. The predicted octanol–water partition coefficient (Wildman–Crippen LogP) is 4.42. The molecule has 0 saturated heterocycles. The number of aromatic nitrogens is 2. The topological polar surface area (TPSA) is 88.0 Å². The van der Waals surface area contributed by atoms with Crippen molar-refractivity contribution in [1.82, 2.24) is 9.97 Å². The molecule has 7 heteroatoms. The second-order valence-corrected chi connectivity index (χ2v) is 7.95. The second-order valence-electron chi connectivity index (χ2n) is 6.89. The number of carbonyl (C=O) groups excluding carboxylic acids is 1. The molecule has 2 unspecified atom stereocenters. The Kier molecular flexibility index (Phi) is 4.09. The minimum Gasteiger partial charge on any atom is -0.408 e. The summed E-state index contributed by atoms with van der Waals surface area (Å²) >= 11 is 1.66.